The minimum Gasteiger partial charge on any atom is -0.493 e. The van der Waals surface area contributed by atoms with Crippen LogP contribution in [0.5, 0.6) is 11.5 Å². The molecule has 3 aromatic rings. The van der Waals surface area contributed by atoms with Crippen LogP contribution in [0.15, 0.2) is 53.3 Å². The molecule has 0 atom stereocenters. The van der Waals surface area contributed by atoms with E-state index in [1.165, 1.54) is 0 Å². The standard InChI is InChI=1S/C19H14O3/c1-21-16-10-11-4-3-5-14-13-8-6-12(20)7-9-15(13)18(17(11)14)19(16)22-2/h3-10H,1-2H3. The van der Waals surface area contributed by atoms with E-state index in [4.69, 9.17) is 9.47 Å². The van der Waals surface area contributed by atoms with Gasteiger partial charge in [-0.1, -0.05) is 18.2 Å². The number of ether oxygens (including phenoxy) is 2. The number of rotatable bonds is 2. The third-order valence-corrected chi connectivity index (χ3v) is 4.19. The monoisotopic (exact) mass is 290 g/mol. The van der Waals surface area contributed by atoms with Gasteiger partial charge in [-0.3, -0.25) is 4.79 Å². The van der Waals surface area contributed by atoms with Crippen LogP contribution in [-0.4, -0.2) is 14.2 Å². The Hall–Kier alpha value is -2.81. The van der Waals surface area contributed by atoms with E-state index in [-0.39, 0.29) is 5.43 Å². The second kappa shape index (κ2) is 4.60. The molecule has 3 nitrogen and oxygen atoms in total. The molecule has 0 spiro atoms. The average molecular weight is 290 g/mol. The smallest absolute Gasteiger partial charge is 0.178 e. The molecular formula is C19H14O3. The summed E-state index contributed by atoms with van der Waals surface area (Å²) in [6, 6.07) is 15.1. The van der Waals surface area contributed by atoms with Crippen molar-refractivity contribution in [1.82, 2.24) is 0 Å². The summed E-state index contributed by atoms with van der Waals surface area (Å²) in [4.78, 5) is 11.7. The fourth-order valence-corrected chi connectivity index (χ4v) is 3.27. The third-order valence-electron chi connectivity index (χ3n) is 4.19. The predicted octanol–water partition coefficient (Wildman–Crippen LogP) is 3.86. The van der Waals surface area contributed by atoms with Crippen LogP contribution in [0.3, 0.4) is 0 Å². The summed E-state index contributed by atoms with van der Waals surface area (Å²) in [5, 5.41) is 2.25. The van der Waals surface area contributed by atoms with Crippen molar-refractivity contribution in [2.45, 2.75) is 0 Å². The zero-order valence-electron chi connectivity index (χ0n) is 12.3. The Morgan fingerprint density at radius 1 is 0.818 bits per heavy atom. The summed E-state index contributed by atoms with van der Waals surface area (Å²) < 4.78 is 11.1. The van der Waals surface area contributed by atoms with Gasteiger partial charge in [0.25, 0.3) is 0 Å². The van der Waals surface area contributed by atoms with Crippen LogP contribution in [0.25, 0.3) is 33.0 Å². The Labute approximate surface area is 127 Å². The van der Waals surface area contributed by atoms with Crippen molar-refractivity contribution in [3.63, 3.8) is 0 Å². The van der Waals surface area contributed by atoms with Crippen LogP contribution in [0.1, 0.15) is 0 Å². The van der Waals surface area contributed by atoms with Gasteiger partial charge >= 0.3 is 0 Å². The number of hydrogen-bond acceptors (Lipinski definition) is 3. The van der Waals surface area contributed by atoms with E-state index in [2.05, 4.69) is 12.1 Å². The summed E-state index contributed by atoms with van der Waals surface area (Å²) in [6.07, 6.45) is 0. The summed E-state index contributed by atoms with van der Waals surface area (Å²) >= 11 is 0. The first kappa shape index (κ1) is 12.9. The van der Waals surface area contributed by atoms with E-state index in [0.29, 0.717) is 11.5 Å². The lowest BCUT2D eigenvalue weighted by Crippen LogP contribution is -1.93. The summed E-state index contributed by atoms with van der Waals surface area (Å²) in [5.74, 6) is 1.41. The van der Waals surface area contributed by atoms with E-state index in [9.17, 15) is 4.79 Å². The molecule has 0 saturated carbocycles. The Balaban J connectivity index is 2.25. The number of fused-ring (bicyclic) bond motifs is 3. The largest absolute Gasteiger partial charge is 0.493 e. The lowest BCUT2D eigenvalue weighted by molar-refractivity contribution is 0.357. The summed E-state index contributed by atoms with van der Waals surface area (Å²) in [5.41, 5.74) is 4.17. The molecule has 22 heavy (non-hydrogen) atoms. The maximum absolute atomic E-state index is 11.7. The van der Waals surface area contributed by atoms with Crippen LogP contribution in [0.4, 0.5) is 0 Å². The molecule has 1 aliphatic rings. The minimum absolute atomic E-state index is 0.00927. The van der Waals surface area contributed by atoms with E-state index >= 15 is 0 Å². The van der Waals surface area contributed by atoms with Gasteiger partial charge in [0.2, 0.25) is 0 Å². The molecule has 0 bridgehead atoms. The molecule has 0 amide bonds. The molecule has 0 heterocycles. The Morgan fingerprint density at radius 2 is 1.59 bits per heavy atom. The van der Waals surface area contributed by atoms with Gasteiger partial charge in [-0.25, -0.2) is 0 Å². The molecule has 0 fully saturated rings. The zero-order valence-corrected chi connectivity index (χ0v) is 12.3. The van der Waals surface area contributed by atoms with E-state index < -0.39 is 0 Å². The Bertz CT molecular complexity index is 974. The topological polar surface area (TPSA) is 35.5 Å². The number of benzene rings is 2. The molecular weight excluding hydrogens is 276 g/mol. The quantitative estimate of drug-likeness (QED) is 0.562. The maximum Gasteiger partial charge on any atom is 0.178 e. The van der Waals surface area contributed by atoms with Crippen LogP contribution in [0, 0.1) is 0 Å². The first-order chi connectivity index (χ1) is 10.7. The maximum atomic E-state index is 11.7. The lowest BCUT2D eigenvalue weighted by atomic mass is 10.0. The highest BCUT2D eigenvalue weighted by Crippen LogP contribution is 2.53. The molecule has 0 aromatic heterocycles. The van der Waals surface area contributed by atoms with Gasteiger partial charge in [0.1, 0.15) is 0 Å². The molecule has 4 rings (SSSR count). The molecule has 0 saturated heterocycles. The molecule has 0 unspecified atom stereocenters. The first-order valence-electron chi connectivity index (χ1n) is 7.07. The average Bonchev–Trinajstić information content (AvgIpc) is 2.72. The van der Waals surface area contributed by atoms with Crippen LogP contribution in [-0.2, 0) is 0 Å². The zero-order chi connectivity index (χ0) is 15.3. The van der Waals surface area contributed by atoms with Gasteiger partial charge in [-0.05, 0) is 52.4 Å². The van der Waals surface area contributed by atoms with E-state index in [1.54, 1.807) is 26.4 Å². The fraction of sp³-hybridized carbons (Fsp3) is 0.105. The van der Waals surface area contributed by atoms with Gasteiger partial charge in [-0.15, -0.1) is 0 Å². The summed E-state index contributed by atoms with van der Waals surface area (Å²) in [7, 11) is 3.28. The van der Waals surface area contributed by atoms with Crippen molar-refractivity contribution in [2.24, 2.45) is 0 Å². The van der Waals surface area contributed by atoms with Gasteiger partial charge in [0.05, 0.1) is 14.2 Å². The lowest BCUT2D eigenvalue weighted by Gasteiger charge is -2.13. The molecule has 0 radical (unpaired) electrons. The highest BCUT2D eigenvalue weighted by atomic mass is 16.5. The Kier molecular flexibility index (Phi) is 2.70. The normalized spacial score (nSPS) is 11.4. The second-order valence-electron chi connectivity index (χ2n) is 5.29. The van der Waals surface area contributed by atoms with Crippen molar-refractivity contribution in [3.05, 3.63) is 58.8 Å². The highest BCUT2D eigenvalue weighted by molar-refractivity contribution is 6.17. The molecule has 0 N–H and O–H groups in total. The molecule has 1 aliphatic carbocycles. The van der Waals surface area contributed by atoms with Crippen molar-refractivity contribution < 1.29 is 9.47 Å². The number of methoxy groups -OCH3 is 2. The predicted molar refractivity (Wildman–Crippen MR) is 87.8 cm³/mol. The van der Waals surface area contributed by atoms with Crippen LogP contribution >= 0.6 is 0 Å². The van der Waals surface area contributed by atoms with Crippen molar-refractivity contribution >= 4 is 10.8 Å². The molecule has 3 aromatic carbocycles. The van der Waals surface area contributed by atoms with E-state index in [1.807, 2.05) is 24.3 Å². The van der Waals surface area contributed by atoms with Crippen LogP contribution < -0.4 is 14.9 Å². The first-order valence-corrected chi connectivity index (χ1v) is 7.07. The molecule has 0 aliphatic heterocycles. The minimum atomic E-state index is -0.00927. The molecule has 3 heteroatoms. The van der Waals surface area contributed by atoms with Gasteiger partial charge < -0.3 is 9.47 Å². The summed E-state index contributed by atoms with van der Waals surface area (Å²) in [6.45, 7) is 0. The van der Waals surface area contributed by atoms with Crippen molar-refractivity contribution in [3.8, 4) is 33.8 Å². The highest BCUT2D eigenvalue weighted by Gasteiger charge is 2.26. The van der Waals surface area contributed by atoms with Gasteiger partial charge in [0, 0.05) is 10.9 Å². The fourth-order valence-electron chi connectivity index (χ4n) is 3.27. The van der Waals surface area contributed by atoms with Crippen molar-refractivity contribution in [2.75, 3.05) is 14.2 Å². The second-order valence-corrected chi connectivity index (χ2v) is 5.29. The molecule has 108 valence electrons. The third kappa shape index (κ3) is 1.59. The SMILES string of the molecule is COc1cc2cccc3c2c(c1OC)-c1ccc(=O)ccc1-3. The van der Waals surface area contributed by atoms with Gasteiger partial charge in [0.15, 0.2) is 16.9 Å². The van der Waals surface area contributed by atoms with Crippen molar-refractivity contribution in [1.29, 1.82) is 0 Å². The number of hydrogen-bond donors (Lipinski definition) is 0. The van der Waals surface area contributed by atoms with E-state index in [0.717, 1.165) is 33.0 Å². The Morgan fingerprint density at radius 3 is 2.32 bits per heavy atom. The van der Waals surface area contributed by atoms with Crippen LogP contribution in [0.2, 0.25) is 0 Å². The van der Waals surface area contributed by atoms with Gasteiger partial charge in [-0.2, -0.15) is 0 Å².